The summed E-state index contributed by atoms with van der Waals surface area (Å²) in [5, 5.41) is 13.1. The fraction of sp³-hybridized carbons (Fsp3) is 0.667. The van der Waals surface area contributed by atoms with E-state index in [2.05, 4.69) is 5.32 Å². The van der Waals surface area contributed by atoms with Crippen molar-refractivity contribution in [2.45, 2.75) is 18.1 Å². The van der Waals surface area contributed by atoms with Crippen LogP contribution in [0.15, 0.2) is 0 Å². The van der Waals surface area contributed by atoms with Crippen molar-refractivity contribution in [3.8, 4) is 0 Å². The van der Waals surface area contributed by atoms with Crippen LogP contribution >= 0.6 is 0 Å². The van der Waals surface area contributed by atoms with Gasteiger partial charge in [0.25, 0.3) is 5.91 Å². The lowest BCUT2D eigenvalue weighted by Gasteiger charge is -2.26. The van der Waals surface area contributed by atoms with Crippen LogP contribution in [0.25, 0.3) is 0 Å². The van der Waals surface area contributed by atoms with Gasteiger partial charge in [0.15, 0.2) is 5.54 Å². The quantitative estimate of drug-likeness (QED) is 0.515. The van der Waals surface area contributed by atoms with Gasteiger partial charge in [-0.1, -0.05) is 0 Å². The molecule has 5 atom stereocenters. The molecule has 3 aliphatic rings. The number of amides is 3. The van der Waals surface area contributed by atoms with Gasteiger partial charge in [-0.3, -0.25) is 14.9 Å². The molecule has 2 saturated carbocycles. The van der Waals surface area contributed by atoms with E-state index >= 15 is 0 Å². The second-order valence-electron chi connectivity index (χ2n) is 4.53. The number of nitrogens with one attached hydrogen (secondary N) is 2. The minimum Gasteiger partial charge on any atom is -0.481 e. The Morgan fingerprint density at radius 1 is 1.50 bits per heavy atom. The summed E-state index contributed by atoms with van der Waals surface area (Å²) in [7, 11) is 0. The highest BCUT2D eigenvalue weighted by molar-refractivity contribution is 6.09. The summed E-state index contributed by atoms with van der Waals surface area (Å²) in [6, 6.07) is -0.746. The number of rotatable bonds is 1. The van der Waals surface area contributed by atoms with Crippen molar-refractivity contribution in [1.82, 2.24) is 10.6 Å². The van der Waals surface area contributed by atoms with Crippen molar-refractivity contribution in [1.29, 1.82) is 0 Å². The molecule has 0 radical (unpaired) electrons. The first-order valence-corrected chi connectivity index (χ1v) is 4.99. The van der Waals surface area contributed by atoms with Gasteiger partial charge in [0.05, 0.1) is 5.92 Å². The molecule has 7 heteroatoms. The molecule has 1 spiro atoms. The average molecular weight is 228 g/mol. The van der Waals surface area contributed by atoms with Crippen LogP contribution in [0.5, 0.6) is 0 Å². The molecule has 0 aromatic carbocycles. The Labute approximate surface area is 89.2 Å². The van der Waals surface area contributed by atoms with Crippen molar-refractivity contribution < 1.29 is 23.9 Å². The first kappa shape index (κ1) is 9.56. The predicted molar refractivity (Wildman–Crippen MR) is 47.0 cm³/mol. The Bertz CT molecular complexity index is 426. The number of carboxylic acids is 1. The summed E-state index contributed by atoms with van der Waals surface area (Å²) in [6.45, 7) is 0. The highest BCUT2D eigenvalue weighted by Crippen LogP contribution is 2.63. The fourth-order valence-corrected chi connectivity index (χ4v) is 3.20. The number of alkyl halides is 1. The molecule has 0 aromatic heterocycles. The lowest BCUT2D eigenvalue weighted by molar-refractivity contribution is -0.140. The topological polar surface area (TPSA) is 95.5 Å². The zero-order valence-corrected chi connectivity index (χ0v) is 8.07. The minimum absolute atomic E-state index is 0.0231. The molecule has 16 heavy (non-hydrogen) atoms. The third-order valence-electron chi connectivity index (χ3n) is 3.88. The number of aliphatic carboxylic acids is 1. The van der Waals surface area contributed by atoms with Gasteiger partial charge in [0, 0.05) is 5.92 Å². The Kier molecular flexibility index (Phi) is 1.51. The van der Waals surface area contributed by atoms with Gasteiger partial charge in [-0.2, -0.15) is 0 Å². The predicted octanol–water partition coefficient (Wildman–Crippen LogP) is -0.747. The smallest absolute Gasteiger partial charge is 0.322 e. The second kappa shape index (κ2) is 2.53. The van der Waals surface area contributed by atoms with Crippen molar-refractivity contribution in [2.75, 3.05) is 0 Å². The highest BCUT2D eigenvalue weighted by Gasteiger charge is 2.77. The molecular weight excluding hydrogens is 219 g/mol. The molecule has 3 N–H and O–H groups in total. The molecule has 1 heterocycles. The van der Waals surface area contributed by atoms with E-state index < -0.39 is 41.5 Å². The molecule has 1 saturated heterocycles. The number of carboxylic acid groups (broad SMARTS) is 1. The van der Waals surface area contributed by atoms with Gasteiger partial charge in [-0.15, -0.1) is 0 Å². The van der Waals surface area contributed by atoms with Gasteiger partial charge >= 0.3 is 12.0 Å². The van der Waals surface area contributed by atoms with Crippen molar-refractivity contribution in [2.24, 2.45) is 17.8 Å². The van der Waals surface area contributed by atoms with Crippen molar-refractivity contribution >= 4 is 17.9 Å². The summed E-state index contributed by atoms with van der Waals surface area (Å²) in [4.78, 5) is 33.5. The summed E-state index contributed by atoms with van der Waals surface area (Å²) >= 11 is 0. The zero-order valence-electron chi connectivity index (χ0n) is 8.07. The van der Waals surface area contributed by atoms with Gasteiger partial charge in [0.1, 0.15) is 6.17 Å². The molecule has 1 aliphatic heterocycles. The number of hydrogen-bond donors (Lipinski definition) is 3. The van der Waals surface area contributed by atoms with Crippen molar-refractivity contribution in [3.63, 3.8) is 0 Å². The van der Waals surface area contributed by atoms with Gasteiger partial charge in [-0.05, 0) is 12.3 Å². The van der Waals surface area contributed by atoms with Crippen LogP contribution < -0.4 is 10.6 Å². The van der Waals surface area contributed by atoms with E-state index in [9.17, 15) is 18.8 Å². The standard InChI is InChI=1S/C9H9FN2O4/c10-3-1-2-4(6(13)14)5(2)9(3)7(15)11-8(16)12-9/h2-5H,1H2,(H,13,14)(H2,11,12,15,16)/t2-,3-,4-,5-,9-/m0/s1. The molecule has 3 fully saturated rings. The highest BCUT2D eigenvalue weighted by atomic mass is 19.1. The van der Waals surface area contributed by atoms with Crippen LogP contribution in [-0.4, -0.2) is 34.7 Å². The summed E-state index contributed by atoms with van der Waals surface area (Å²) < 4.78 is 13.8. The number of fused-ring (bicyclic) bond motifs is 2. The first-order valence-electron chi connectivity index (χ1n) is 4.99. The molecule has 3 amide bonds. The fourth-order valence-electron chi connectivity index (χ4n) is 3.20. The van der Waals surface area contributed by atoms with Crippen LogP contribution in [0.1, 0.15) is 6.42 Å². The molecule has 6 nitrogen and oxygen atoms in total. The maximum Gasteiger partial charge on any atom is 0.322 e. The van der Waals surface area contributed by atoms with E-state index in [4.69, 9.17) is 5.11 Å². The van der Waals surface area contributed by atoms with Crippen LogP contribution in [0.2, 0.25) is 0 Å². The average Bonchev–Trinajstić information content (AvgIpc) is 2.71. The molecule has 0 unspecified atom stereocenters. The van der Waals surface area contributed by atoms with Crippen LogP contribution in [0.3, 0.4) is 0 Å². The summed E-state index contributed by atoms with van der Waals surface area (Å²) in [5.41, 5.74) is -1.63. The first-order chi connectivity index (χ1) is 7.48. The molecule has 3 rings (SSSR count). The number of urea groups is 1. The third kappa shape index (κ3) is 0.845. The van der Waals surface area contributed by atoms with Gasteiger partial charge in [-0.25, -0.2) is 9.18 Å². The Balaban J connectivity index is 1.98. The number of carbonyl (C=O) groups excluding carboxylic acids is 2. The molecular formula is C9H9FN2O4. The van der Waals surface area contributed by atoms with Gasteiger partial charge in [0.2, 0.25) is 0 Å². The third-order valence-corrected chi connectivity index (χ3v) is 3.88. The lowest BCUT2D eigenvalue weighted by atomic mass is 9.89. The van der Waals surface area contributed by atoms with E-state index in [0.717, 1.165) is 0 Å². The Morgan fingerprint density at radius 3 is 2.69 bits per heavy atom. The van der Waals surface area contributed by atoms with E-state index in [1.807, 2.05) is 5.32 Å². The number of hydrogen-bond acceptors (Lipinski definition) is 3. The second-order valence-corrected chi connectivity index (χ2v) is 4.53. The lowest BCUT2D eigenvalue weighted by Crippen LogP contribution is -2.55. The van der Waals surface area contributed by atoms with E-state index in [0.29, 0.717) is 0 Å². The maximum absolute atomic E-state index is 13.8. The van der Waals surface area contributed by atoms with Gasteiger partial charge < -0.3 is 10.4 Å². The monoisotopic (exact) mass is 228 g/mol. The molecule has 86 valence electrons. The zero-order chi connectivity index (χ0) is 11.7. The summed E-state index contributed by atoms with van der Waals surface area (Å²) in [5.74, 6) is -3.42. The minimum atomic E-state index is -1.63. The molecule has 0 bridgehead atoms. The SMILES string of the molecule is O=C1NC(=O)[C@@]2(N1)[C@H]1[C@@H](C[C@@H]2F)[C@@H]1C(=O)O. The normalized spacial score (nSPS) is 48.8. The summed E-state index contributed by atoms with van der Waals surface area (Å²) in [6.07, 6.45) is -1.47. The van der Waals surface area contributed by atoms with Crippen LogP contribution in [-0.2, 0) is 9.59 Å². The molecule has 0 aromatic rings. The van der Waals surface area contributed by atoms with Crippen molar-refractivity contribution in [3.05, 3.63) is 0 Å². The van der Waals surface area contributed by atoms with E-state index in [1.54, 1.807) is 0 Å². The number of carbonyl (C=O) groups is 3. The van der Waals surface area contributed by atoms with E-state index in [1.165, 1.54) is 0 Å². The Hall–Kier alpha value is -1.66. The Morgan fingerprint density at radius 2 is 2.19 bits per heavy atom. The largest absolute Gasteiger partial charge is 0.481 e. The number of imide groups is 1. The maximum atomic E-state index is 13.8. The molecule has 2 aliphatic carbocycles. The van der Waals surface area contributed by atoms with Crippen LogP contribution in [0.4, 0.5) is 9.18 Å². The number of halogens is 1. The van der Waals surface area contributed by atoms with E-state index in [-0.39, 0.29) is 12.3 Å². The van der Waals surface area contributed by atoms with Crippen LogP contribution in [0, 0.1) is 17.8 Å².